The molecule has 1 radical (unpaired) electrons. The summed E-state index contributed by atoms with van der Waals surface area (Å²) in [6, 6.07) is 0. The number of rotatable bonds is 3. The largest absolute Gasteiger partial charge is 0.0625 e. The topological polar surface area (TPSA) is 0 Å². The standard InChI is InChI=1S/C9H19/c1-7(2)6-9(5)8(3)4/h8-9H,6H2,1-5H3. The van der Waals surface area contributed by atoms with Crippen LogP contribution < -0.4 is 0 Å². The summed E-state index contributed by atoms with van der Waals surface area (Å²) in [6.07, 6.45) is 1.29. The molecule has 0 aromatic carbocycles. The molecule has 55 valence electrons. The van der Waals surface area contributed by atoms with Gasteiger partial charge in [0.2, 0.25) is 0 Å². The molecule has 0 aliphatic rings. The van der Waals surface area contributed by atoms with Gasteiger partial charge in [0, 0.05) is 0 Å². The SMILES string of the molecule is C[C](C)CC(C)C(C)C. The Morgan fingerprint density at radius 1 is 1.11 bits per heavy atom. The summed E-state index contributed by atoms with van der Waals surface area (Å²) in [5.74, 6) is 3.24. The van der Waals surface area contributed by atoms with Gasteiger partial charge in [-0.05, 0) is 24.2 Å². The molecule has 0 aromatic rings. The fourth-order valence-electron chi connectivity index (χ4n) is 0.880. The summed E-state index contributed by atoms with van der Waals surface area (Å²) < 4.78 is 0. The Balaban J connectivity index is 3.38. The molecule has 0 N–H and O–H groups in total. The highest BCUT2D eigenvalue weighted by Crippen LogP contribution is 2.19. The molecule has 0 bridgehead atoms. The van der Waals surface area contributed by atoms with E-state index in [4.69, 9.17) is 0 Å². The maximum atomic E-state index is 2.32. The molecule has 0 aliphatic carbocycles. The van der Waals surface area contributed by atoms with E-state index in [0.717, 1.165) is 11.8 Å². The summed E-state index contributed by atoms with van der Waals surface area (Å²) in [6.45, 7) is 11.3. The van der Waals surface area contributed by atoms with Crippen LogP contribution in [0.4, 0.5) is 0 Å². The predicted octanol–water partition coefficient (Wildman–Crippen LogP) is 3.28. The van der Waals surface area contributed by atoms with Crippen LogP contribution in [0.25, 0.3) is 0 Å². The second-order valence-corrected chi connectivity index (χ2v) is 3.63. The van der Waals surface area contributed by atoms with Crippen LogP contribution in [0.5, 0.6) is 0 Å². The number of hydrogen-bond acceptors (Lipinski definition) is 0. The van der Waals surface area contributed by atoms with E-state index in [9.17, 15) is 0 Å². The maximum absolute atomic E-state index is 2.32. The molecule has 0 aliphatic heterocycles. The van der Waals surface area contributed by atoms with Gasteiger partial charge in [-0.25, -0.2) is 0 Å². The summed E-state index contributed by atoms with van der Waals surface area (Å²) in [5.41, 5.74) is 0. The fourth-order valence-corrected chi connectivity index (χ4v) is 0.880. The van der Waals surface area contributed by atoms with E-state index < -0.39 is 0 Å². The highest BCUT2D eigenvalue weighted by atomic mass is 14.1. The van der Waals surface area contributed by atoms with Gasteiger partial charge in [-0.3, -0.25) is 0 Å². The second-order valence-electron chi connectivity index (χ2n) is 3.63. The molecule has 0 rings (SSSR count). The van der Waals surface area contributed by atoms with Crippen LogP contribution in [0.3, 0.4) is 0 Å². The molecule has 0 saturated carbocycles. The average molecular weight is 127 g/mol. The third-order valence-corrected chi connectivity index (χ3v) is 1.87. The average Bonchev–Trinajstić information content (AvgIpc) is 1.63. The molecule has 0 saturated heterocycles. The van der Waals surface area contributed by atoms with Gasteiger partial charge in [0.05, 0.1) is 0 Å². The monoisotopic (exact) mass is 127 g/mol. The van der Waals surface area contributed by atoms with Crippen LogP contribution >= 0.6 is 0 Å². The zero-order valence-electron chi connectivity index (χ0n) is 7.36. The highest BCUT2D eigenvalue weighted by molar-refractivity contribution is 4.79. The first-order valence-corrected chi connectivity index (χ1v) is 3.83. The summed E-state index contributed by atoms with van der Waals surface area (Å²) in [4.78, 5) is 0. The van der Waals surface area contributed by atoms with Crippen LogP contribution in [0.1, 0.15) is 41.0 Å². The van der Waals surface area contributed by atoms with E-state index >= 15 is 0 Å². The van der Waals surface area contributed by atoms with Crippen molar-refractivity contribution in [1.29, 1.82) is 0 Å². The Kier molecular flexibility index (Phi) is 3.92. The van der Waals surface area contributed by atoms with Crippen molar-refractivity contribution in [3.05, 3.63) is 5.92 Å². The first-order chi connectivity index (χ1) is 4.04. The van der Waals surface area contributed by atoms with Gasteiger partial charge in [-0.1, -0.05) is 34.6 Å². The van der Waals surface area contributed by atoms with Crippen LogP contribution in [-0.4, -0.2) is 0 Å². The smallest absolute Gasteiger partial charge is 0.0300 e. The molecule has 0 heteroatoms. The Morgan fingerprint density at radius 2 is 1.56 bits per heavy atom. The second kappa shape index (κ2) is 3.92. The lowest BCUT2D eigenvalue weighted by Crippen LogP contribution is -2.05. The van der Waals surface area contributed by atoms with Crippen LogP contribution in [0.15, 0.2) is 0 Å². The van der Waals surface area contributed by atoms with Crippen molar-refractivity contribution < 1.29 is 0 Å². The molecule has 0 amide bonds. The third kappa shape index (κ3) is 4.50. The molecule has 1 atom stereocenters. The van der Waals surface area contributed by atoms with Gasteiger partial charge in [-0.2, -0.15) is 0 Å². The molecule has 9 heavy (non-hydrogen) atoms. The highest BCUT2D eigenvalue weighted by Gasteiger charge is 2.08. The van der Waals surface area contributed by atoms with Crippen LogP contribution in [0.2, 0.25) is 0 Å². The number of hydrogen-bond donors (Lipinski definition) is 0. The van der Waals surface area contributed by atoms with Crippen LogP contribution in [0, 0.1) is 17.8 Å². The van der Waals surface area contributed by atoms with Crippen molar-refractivity contribution >= 4 is 0 Å². The molecule has 0 spiro atoms. The van der Waals surface area contributed by atoms with Crippen molar-refractivity contribution in [3.8, 4) is 0 Å². The minimum atomic E-state index is 0.833. The van der Waals surface area contributed by atoms with Gasteiger partial charge in [-0.15, -0.1) is 0 Å². The molecule has 0 fully saturated rings. The van der Waals surface area contributed by atoms with Crippen molar-refractivity contribution in [2.75, 3.05) is 0 Å². The van der Waals surface area contributed by atoms with Gasteiger partial charge in [0.1, 0.15) is 0 Å². The van der Waals surface area contributed by atoms with E-state index in [1.165, 1.54) is 6.42 Å². The zero-order chi connectivity index (χ0) is 7.44. The molecule has 0 heterocycles. The molecular weight excluding hydrogens is 108 g/mol. The summed E-state index contributed by atoms with van der Waals surface area (Å²) >= 11 is 0. The fraction of sp³-hybridized carbons (Fsp3) is 0.889. The Bertz CT molecular complexity index is 62.4. The summed E-state index contributed by atoms with van der Waals surface area (Å²) in [5, 5.41) is 0. The van der Waals surface area contributed by atoms with Crippen molar-refractivity contribution in [1.82, 2.24) is 0 Å². The maximum Gasteiger partial charge on any atom is -0.0300 e. The lowest BCUT2D eigenvalue weighted by atomic mass is 9.90. The Hall–Kier alpha value is 0. The van der Waals surface area contributed by atoms with Gasteiger partial charge in [0.15, 0.2) is 0 Å². The van der Waals surface area contributed by atoms with Crippen molar-refractivity contribution in [3.63, 3.8) is 0 Å². The minimum absolute atomic E-state index is 0.833. The van der Waals surface area contributed by atoms with E-state index in [2.05, 4.69) is 34.6 Å². The lowest BCUT2D eigenvalue weighted by Gasteiger charge is -2.16. The first-order valence-electron chi connectivity index (χ1n) is 3.83. The van der Waals surface area contributed by atoms with E-state index in [1.54, 1.807) is 5.92 Å². The molecule has 0 aromatic heterocycles. The van der Waals surface area contributed by atoms with Crippen molar-refractivity contribution in [2.24, 2.45) is 11.8 Å². The van der Waals surface area contributed by atoms with E-state index in [-0.39, 0.29) is 0 Å². The predicted molar refractivity (Wildman–Crippen MR) is 43.2 cm³/mol. The first kappa shape index (κ1) is 9.00. The quantitative estimate of drug-likeness (QED) is 0.545. The summed E-state index contributed by atoms with van der Waals surface area (Å²) in [7, 11) is 0. The Labute approximate surface area is 59.7 Å². The van der Waals surface area contributed by atoms with E-state index in [1.807, 2.05) is 0 Å². The van der Waals surface area contributed by atoms with Gasteiger partial charge in [0.25, 0.3) is 0 Å². The Morgan fingerprint density at radius 3 is 1.67 bits per heavy atom. The van der Waals surface area contributed by atoms with Gasteiger partial charge >= 0.3 is 0 Å². The minimum Gasteiger partial charge on any atom is -0.0625 e. The normalized spacial score (nSPS) is 15.0. The van der Waals surface area contributed by atoms with Crippen LogP contribution in [-0.2, 0) is 0 Å². The van der Waals surface area contributed by atoms with E-state index in [0.29, 0.717) is 0 Å². The lowest BCUT2D eigenvalue weighted by molar-refractivity contribution is 0.400. The molecule has 1 unspecified atom stereocenters. The zero-order valence-corrected chi connectivity index (χ0v) is 7.36. The molecular formula is C9H19. The van der Waals surface area contributed by atoms with Gasteiger partial charge < -0.3 is 0 Å². The van der Waals surface area contributed by atoms with Crippen molar-refractivity contribution in [2.45, 2.75) is 41.0 Å². The third-order valence-electron chi connectivity index (χ3n) is 1.87. The molecule has 0 nitrogen and oxygen atoms in total.